The standard InChI is InChI=1S/C20H25N3O3S2/c1-13-10-14(2)12-23(11-13)28(25,26)16-8-6-15(7-9-16)19(24)22-20-21-17-4-3-5-18(17)27-20/h6-9,13-14H,3-5,10-12H2,1-2H3,(H,21,22,24)/t13-,14-/m1/s1. The number of carbonyl (C=O) groups is 1. The number of hydrogen-bond acceptors (Lipinski definition) is 5. The Kier molecular flexibility index (Phi) is 5.28. The SMILES string of the molecule is C[C@@H]1C[C@@H](C)CN(S(=O)(=O)c2ccc(C(=O)Nc3nc4c(s3)CCC4)cc2)C1. The number of nitrogens with zero attached hydrogens (tertiary/aromatic N) is 2. The maximum absolute atomic E-state index is 12.9. The molecular formula is C20H25N3O3S2. The van der Waals surface area contributed by atoms with Crippen molar-refractivity contribution in [2.75, 3.05) is 18.4 Å². The van der Waals surface area contributed by atoms with Gasteiger partial charge in [-0.2, -0.15) is 4.31 Å². The normalized spacial score (nSPS) is 22.8. The molecule has 1 amide bonds. The molecule has 1 aliphatic heterocycles. The Morgan fingerprint density at radius 2 is 1.82 bits per heavy atom. The number of piperidine rings is 1. The Hall–Kier alpha value is -1.77. The summed E-state index contributed by atoms with van der Waals surface area (Å²) in [5.41, 5.74) is 1.52. The zero-order valence-electron chi connectivity index (χ0n) is 16.1. The summed E-state index contributed by atoms with van der Waals surface area (Å²) in [6.45, 7) is 5.26. The van der Waals surface area contributed by atoms with Gasteiger partial charge < -0.3 is 0 Å². The lowest BCUT2D eigenvalue weighted by Gasteiger charge is -2.34. The number of aryl methyl sites for hydroxylation is 2. The summed E-state index contributed by atoms with van der Waals surface area (Å²) in [6.07, 6.45) is 4.18. The number of aromatic nitrogens is 1. The third-order valence-corrected chi connectivity index (χ3v) is 8.32. The van der Waals surface area contributed by atoms with E-state index < -0.39 is 10.0 Å². The number of anilines is 1. The first-order valence-corrected chi connectivity index (χ1v) is 12.0. The van der Waals surface area contributed by atoms with Gasteiger partial charge >= 0.3 is 0 Å². The van der Waals surface area contributed by atoms with Crippen LogP contribution >= 0.6 is 11.3 Å². The van der Waals surface area contributed by atoms with Gasteiger partial charge in [0.2, 0.25) is 10.0 Å². The smallest absolute Gasteiger partial charge is 0.257 e. The predicted molar refractivity (Wildman–Crippen MR) is 110 cm³/mol. The first-order chi connectivity index (χ1) is 13.3. The molecule has 0 unspecified atom stereocenters. The molecule has 8 heteroatoms. The van der Waals surface area contributed by atoms with E-state index in [-0.39, 0.29) is 10.8 Å². The Morgan fingerprint density at radius 3 is 2.46 bits per heavy atom. The van der Waals surface area contributed by atoms with Gasteiger partial charge in [0.05, 0.1) is 10.6 Å². The van der Waals surface area contributed by atoms with E-state index in [1.165, 1.54) is 28.3 Å². The minimum absolute atomic E-state index is 0.235. The van der Waals surface area contributed by atoms with Crippen LogP contribution in [0, 0.1) is 11.8 Å². The molecule has 0 spiro atoms. The van der Waals surface area contributed by atoms with E-state index in [0.29, 0.717) is 35.6 Å². The van der Waals surface area contributed by atoms with Crippen LogP contribution in [-0.2, 0) is 22.9 Å². The van der Waals surface area contributed by atoms with Gasteiger partial charge in [0, 0.05) is 23.5 Å². The third-order valence-electron chi connectivity index (χ3n) is 5.41. The fraction of sp³-hybridized carbons (Fsp3) is 0.500. The van der Waals surface area contributed by atoms with Gasteiger partial charge in [-0.3, -0.25) is 10.1 Å². The number of rotatable bonds is 4. The Balaban J connectivity index is 1.47. The van der Waals surface area contributed by atoms with E-state index in [0.717, 1.165) is 31.4 Å². The lowest BCUT2D eigenvalue weighted by Crippen LogP contribution is -2.42. The fourth-order valence-corrected chi connectivity index (χ4v) is 6.87. The van der Waals surface area contributed by atoms with Crippen LogP contribution in [0.5, 0.6) is 0 Å². The molecule has 1 aliphatic carbocycles. The van der Waals surface area contributed by atoms with Gasteiger partial charge in [-0.25, -0.2) is 13.4 Å². The van der Waals surface area contributed by atoms with Crippen LogP contribution in [0.4, 0.5) is 5.13 Å². The molecule has 1 aromatic heterocycles. The van der Waals surface area contributed by atoms with Crippen LogP contribution < -0.4 is 5.32 Å². The van der Waals surface area contributed by atoms with Crippen molar-refractivity contribution in [3.05, 3.63) is 40.4 Å². The summed E-state index contributed by atoms with van der Waals surface area (Å²) < 4.78 is 27.5. The molecule has 1 aromatic carbocycles. The van der Waals surface area contributed by atoms with Crippen LogP contribution in [0.1, 0.15) is 47.6 Å². The molecule has 1 saturated heterocycles. The van der Waals surface area contributed by atoms with Crippen molar-refractivity contribution in [3.63, 3.8) is 0 Å². The summed E-state index contributed by atoms with van der Waals surface area (Å²) in [7, 11) is -3.54. The number of carbonyl (C=O) groups excluding carboxylic acids is 1. The molecular weight excluding hydrogens is 394 g/mol. The minimum atomic E-state index is -3.54. The van der Waals surface area contributed by atoms with Crippen molar-refractivity contribution in [1.29, 1.82) is 0 Å². The molecule has 0 saturated carbocycles. The molecule has 2 aromatic rings. The van der Waals surface area contributed by atoms with Crippen molar-refractivity contribution in [1.82, 2.24) is 9.29 Å². The second-order valence-corrected chi connectivity index (χ2v) is 11.0. The van der Waals surface area contributed by atoms with E-state index in [1.807, 2.05) is 0 Å². The average Bonchev–Trinajstić information content (AvgIpc) is 3.22. The van der Waals surface area contributed by atoms with Crippen molar-refractivity contribution >= 4 is 32.4 Å². The van der Waals surface area contributed by atoms with Crippen LogP contribution in [0.25, 0.3) is 0 Å². The molecule has 4 rings (SSSR count). The predicted octanol–water partition coefficient (Wildman–Crippen LogP) is 3.55. The van der Waals surface area contributed by atoms with Gasteiger partial charge in [-0.15, -0.1) is 11.3 Å². The lowest BCUT2D eigenvalue weighted by atomic mass is 9.94. The first-order valence-electron chi connectivity index (χ1n) is 9.73. The molecule has 1 N–H and O–H groups in total. The van der Waals surface area contributed by atoms with Crippen molar-refractivity contribution in [2.24, 2.45) is 11.8 Å². The van der Waals surface area contributed by atoms with Gasteiger partial charge in [0.1, 0.15) is 0 Å². The zero-order valence-corrected chi connectivity index (χ0v) is 17.8. The van der Waals surface area contributed by atoms with E-state index in [4.69, 9.17) is 0 Å². The Labute approximate surface area is 170 Å². The first kappa shape index (κ1) is 19.5. The molecule has 0 bridgehead atoms. The second-order valence-electron chi connectivity index (χ2n) is 7.99. The van der Waals surface area contributed by atoms with E-state index >= 15 is 0 Å². The van der Waals surface area contributed by atoms with Gasteiger partial charge in [0.25, 0.3) is 5.91 Å². The quantitative estimate of drug-likeness (QED) is 0.822. The van der Waals surface area contributed by atoms with Crippen molar-refractivity contribution in [2.45, 2.75) is 44.4 Å². The zero-order chi connectivity index (χ0) is 19.9. The molecule has 0 radical (unpaired) electrons. The monoisotopic (exact) mass is 419 g/mol. The topological polar surface area (TPSA) is 79.4 Å². The summed E-state index contributed by atoms with van der Waals surface area (Å²) in [5, 5.41) is 3.44. The summed E-state index contributed by atoms with van der Waals surface area (Å²) in [4.78, 5) is 18.4. The molecule has 1 fully saturated rings. The van der Waals surface area contributed by atoms with E-state index in [1.54, 1.807) is 16.4 Å². The highest BCUT2D eigenvalue weighted by Gasteiger charge is 2.31. The number of benzene rings is 1. The van der Waals surface area contributed by atoms with Crippen LogP contribution in [0.3, 0.4) is 0 Å². The van der Waals surface area contributed by atoms with Crippen LogP contribution in [0.2, 0.25) is 0 Å². The summed E-state index contributed by atoms with van der Waals surface area (Å²) in [5.74, 6) is 0.434. The van der Waals surface area contributed by atoms with E-state index in [2.05, 4.69) is 24.1 Å². The highest BCUT2D eigenvalue weighted by molar-refractivity contribution is 7.89. The number of sulfonamides is 1. The van der Waals surface area contributed by atoms with Crippen molar-refractivity contribution < 1.29 is 13.2 Å². The number of amides is 1. The molecule has 6 nitrogen and oxygen atoms in total. The molecule has 150 valence electrons. The highest BCUT2D eigenvalue weighted by atomic mass is 32.2. The molecule has 2 heterocycles. The highest BCUT2D eigenvalue weighted by Crippen LogP contribution is 2.31. The van der Waals surface area contributed by atoms with Gasteiger partial charge in [0.15, 0.2) is 5.13 Å². The molecule has 2 aliphatic rings. The number of hydrogen-bond donors (Lipinski definition) is 1. The summed E-state index contributed by atoms with van der Waals surface area (Å²) >= 11 is 1.53. The number of fused-ring (bicyclic) bond motifs is 1. The molecule has 2 atom stereocenters. The van der Waals surface area contributed by atoms with Gasteiger partial charge in [-0.05, 0) is 61.8 Å². The average molecular weight is 420 g/mol. The Morgan fingerprint density at radius 1 is 1.14 bits per heavy atom. The van der Waals surface area contributed by atoms with Crippen LogP contribution in [-0.4, -0.2) is 36.7 Å². The van der Waals surface area contributed by atoms with Crippen LogP contribution in [0.15, 0.2) is 29.2 Å². The third kappa shape index (κ3) is 3.86. The van der Waals surface area contributed by atoms with E-state index in [9.17, 15) is 13.2 Å². The fourth-order valence-electron chi connectivity index (χ4n) is 4.14. The minimum Gasteiger partial charge on any atom is -0.298 e. The summed E-state index contributed by atoms with van der Waals surface area (Å²) in [6, 6.07) is 6.19. The maximum Gasteiger partial charge on any atom is 0.257 e. The largest absolute Gasteiger partial charge is 0.298 e. The lowest BCUT2D eigenvalue weighted by molar-refractivity contribution is 0.102. The van der Waals surface area contributed by atoms with Gasteiger partial charge in [-0.1, -0.05) is 13.8 Å². The van der Waals surface area contributed by atoms with Crippen molar-refractivity contribution in [3.8, 4) is 0 Å². The molecule has 28 heavy (non-hydrogen) atoms. The number of nitrogens with one attached hydrogen (secondary N) is 1. The maximum atomic E-state index is 12.9. The number of thiazole rings is 1. The Bertz CT molecular complexity index is 951. The second kappa shape index (κ2) is 7.57.